The van der Waals surface area contributed by atoms with E-state index in [0.29, 0.717) is 21.9 Å². The molecule has 0 atom stereocenters. The van der Waals surface area contributed by atoms with Gasteiger partial charge in [0.2, 0.25) is 0 Å². The predicted octanol–water partition coefficient (Wildman–Crippen LogP) is 4.11. The lowest BCUT2D eigenvalue weighted by atomic mass is 10.1. The molecule has 2 heterocycles. The summed E-state index contributed by atoms with van der Waals surface area (Å²) in [4.78, 5) is 34.4. The van der Waals surface area contributed by atoms with E-state index in [9.17, 15) is 14.9 Å². The molecule has 1 aromatic heterocycles. The fourth-order valence-corrected chi connectivity index (χ4v) is 4.96. The summed E-state index contributed by atoms with van der Waals surface area (Å²) in [6.45, 7) is 0. The topological polar surface area (TPSA) is 89.3 Å². The van der Waals surface area contributed by atoms with Crippen LogP contribution in [0.4, 0.5) is 11.4 Å². The normalized spacial score (nSPS) is 14.7. The number of hydrogen-bond donors (Lipinski definition) is 1. The van der Waals surface area contributed by atoms with Crippen molar-refractivity contribution in [1.29, 1.82) is 5.26 Å². The standard InChI is InChI=1S/C26H23N5O2S/c1-30-21-9-5-6-10-22(21)31(2)26(30)19(14-27)23(32)15-34-24-13-18(25(33)28-16-11-12-16)17-7-3-4-8-20(17)29-24/h3-10,13,16H,11-12,15H2,1-2H3,(H,28,33). The number of rotatable bonds is 6. The average molecular weight is 470 g/mol. The van der Waals surface area contributed by atoms with Crippen LogP contribution in [-0.2, 0) is 4.79 Å². The van der Waals surface area contributed by atoms with Gasteiger partial charge in [0.15, 0.2) is 5.78 Å². The fraction of sp³-hybridized carbons (Fsp3) is 0.231. The number of pyridine rings is 1. The first-order valence-corrected chi connectivity index (χ1v) is 12.0. The number of hydrogen-bond acceptors (Lipinski definition) is 7. The van der Waals surface area contributed by atoms with Crippen LogP contribution in [0.5, 0.6) is 0 Å². The fourth-order valence-electron chi connectivity index (χ4n) is 4.17. The highest BCUT2D eigenvalue weighted by atomic mass is 32.2. The number of nitrogens with one attached hydrogen (secondary N) is 1. The van der Waals surface area contributed by atoms with Crippen LogP contribution in [0.1, 0.15) is 23.2 Å². The van der Waals surface area contributed by atoms with Crippen LogP contribution in [0.2, 0.25) is 0 Å². The highest BCUT2D eigenvalue weighted by Gasteiger charge is 2.31. The van der Waals surface area contributed by atoms with Crippen LogP contribution in [-0.4, -0.2) is 42.6 Å². The van der Waals surface area contributed by atoms with Gasteiger partial charge in [-0.05, 0) is 37.1 Å². The molecule has 0 radical (unpaired) electrons. The van der Waals surface area contributed by atoms with Gasteiger partial charge in [0, 0.05) is 25.5 Å². The highest BCUT2D eigenvalue weighted by Crippen LogP contribution is 2.40. The molecular formula is C26H23N5O2S. The van der Waals surface area contributed by atoms with Gasteiger partial charge in [0.05, 0.1) is 33.2 Å². The largest absolute Gasteiger partial charge is 0.349 e. The minimum Gasteiger partial charge on any atom is -0.349 e. The average Bonchev–Trinajstić information content (AvgIpc) is 3.64. The van der Waals surface area contributed by atoms with Gasteiger partial charge in [-0.2, -0.15) is 5.26 Å². The molecule has 1 N–H and O–H groups in total. The molecule has 1 aliphatic heterocycles. The third-order valence-corrected chi connectivity index (χ3v) is 6.97. The van der Waals surface area contributed by atoms with Gasteiger partial charge in [0.25, 0.3) is 5.91 Å². The van der Waals surface area contributed by atoms with E-state index in [0.717, 1.165) is 29.6 Å². The second-order valence-corrected chi connectivity index (χ2v) is 9.40. The van der Waals surface area contributed by atoms with E-state index >= 15 is 0 Å². The first-order chi connectivity index (χ1) is 16.5. The Morgan fingerprint density at radius 1 is 1.09 bits per heavy atom. The van der Waals surface area contributed by atoms with Gasteiger partial charge in [-0.3, -0.25) is 9.59 Å². The first kappa shape index (κ1) is 22.0. The summed E-state index contributed by atoms with van der Waals surface area (Å²) >= 11 is 1.24. The lowest BCUT2D eigenvalue weighted by molar-refractivity contribution is -0.112. The molecule has 0 saturated heterocycles. The van der Waals surface area contributed by atoms with E-state index in [1.165, 1.54) is 11.8 Å². The van der Waals surface area contributed by atoms with Crippen molar-refractivity contribution in [3.8, 4) is 6.07 Å². The van der Waals surface area contributed by atoms with E-state index in [-0.39, 0.29) is 29.1 Å². The molecule has 3 aromatic rings. The lowest BCUT2D eigenvalue weighted by Gasteiger charge is -2.19. The minimum atomic E-state index is -0.284. The van der Waals surface area contributed by atoms with Crippen molar-refractivity contribution < 1.29 is 9.59 Å². The number of nitrogens with zero attached hydrogens (tertiary/aromatic N) is 4. The van der Waals surface area contributed by atoms with Gasteiger partial charge < -0.3 is 15.1 Å². The SMILES string of the molecule is CN1C(=C(C#N)C(=O)CSc2cc(C(=O)NC3CC3)c3ccccc3n2)N(C)c2ccccc21. The van der Waals surface area contributed by atoms with Crippen LogP contribution in [0.15, 0.2) is 71.0 Å². The summed E-state index contributed by atoms with van der Waals surface area (Å²) in [5.41, 5.74) is 3.23. The maximum atomic E-state index is 13.2. The molecule has 1 amide bonds. The second kappa shape index (κ2) is 8.84. The third kappa shape index (κ3) is 3.99. The van der Waals surface area contributed by atoms with E-state index in [1.54, 1.807) is 6.07 Å². The van der Waals surface area contributed by atoms with Crippen molar-refractivity contribution in [3.05, 3.63) is 71.6 Å². The van der Waals surface area contributed by atoms with Crippen molar-refractivity contribution in [2.75, 3.05) is 29.6 Å². The minimum absolute atomic E-state index is 0.0411. The summed E-state index contributed by atoms with van der Waals surface area (Å²) in [7, 11) is 3.70. The molecular weight excluding hydrogens is 446 g/mol. The summed E-state index contributed by atoms with van der Waals surface area (Å²) in [6.07, 6.45) is 2.01. The van der Waals surface area contributed by atoms with E-state index in [2.05, 4.69) is 16.4 Å². The van der Waals surface area contributed by atoms with Crippen molar-refractivity contribution in [1.82, 2.24) is 10.3 Å². The number of Topliss-reactive ketones (excluding diaryl/α,β-unsaturated/α-hetero) is 1. The van der Waals surface area contributed by atoms with E-state index in [4.69, 9.17) is 0 Å². The lowest BCUT2D eigenvalue weighted by Crippen LogP contribution is -2.26. The van der Waals surface area contributed by atoms with Gasteiger partial charge in [-0.1, -0.05) is 42.1 Å². The molecule has 0 spiro atoms. The maximum Gasteiger partial charge on any atom is 0.252 e. The molecule has 8 heteroatoms. The third-order valence-electron chi connectivity index (χ3n) is 6.06. The Bertz CT molecular complexity index is 1360. The van der Waals surface area contributed by atoms with Crippen molar-refractivity contribution in [2.45, 2.75) is 23.9 Å². The zero-order chi connectivity index (χ0) is 23.8. The Hall–Kier alpha value is -3.83. The molecule has 7 nitrogen and oxygen atoms in total. The van der Waals surface area contributed by atoms with E-state index in [1.807, 2.05) is 72.4 Å². The van der Waals surface area contributed by atoms with Gasteiger partial charge in [-0.15, -0.1) is 0 Å². The smallest absolute Gasteiger partial charge is 0.252 e. The summed E-state index contributed by atoms with van der Waals surface area (Å²) in [6, 6.07) is 19.4. The number of nitriles is 1. The number of thioether (sulfide) groups is 1. The molecule has 2 aromatic carbocycles. The maximum absolute atomic E-state index is 13.2. The number of anilines is 2. The van der Waals surface area contributed by atoms with Crippen molar-refractivity contribution >= 4 is 45.7 Å². The Kier molecular flexibility index (Phi) is 5.72. The zero-order valence-electron chi connectivity index (χ0n) is 18.9. The van der Waals surface area contributed by atoms with Crippen LogP contribution in [0.3, 0.4) is 0 Å². The van der Waals surface area contributed by atoms with Gasteiger partial charge in [-0.25, -0.2) is 4.98 Å². The number of amides is 1. The molecule has 1 saturated carbocycles. The van der Waals surface area contributed by atoms with Gasteiger partial charge >= 0.3 is 0 Å². The second-order valence-electron chi connectivity index (χ2n) is 8.40. The Morgan fingerprint density at radius 2 is 1.74 bits per heavy atom. The van der Waals surface area contributed by atoms with E-state index < -0.39 is 0 Å². The number of carbonyl (C=O) groups excluding carboxylic acids is 2. The Labute approximate surface area is 202 Å². The first-order valence-electron chi connectivity index (χ1n) is 11.1. The number of para-hydroxylation sites is 3. The van der Waals surface area contributed by atoms with Crippen molar-refractivity contribution in [3.63, 3.8) is 0 Å². The number of benzene rings is 2. The molecule has 34 heavy (non-hydrogen) atoms. The highest BCUT2D eigenvalue weighted by molar-refractivity contribution is 7.99. The molecule has 5 rings (SSSR count). The number of ketones is 1. The molecule has 0 unspecified atom stereocenters. The van der Waals surface area contributed by atoms with Crippen molar-refractivity contribution in [2.24, 2.45) is 0 Å². The summed E-state index contributed by atoms with van der Waals surface area (Å²) in [5.74, 6) is 0.193. The molecule has 170 valence electrons. The number of fused-ring (bicyclic) bond motifs is 2. The van der Waals surface area contributed by atoms with Crippen LogP contribution < -0.4 is 15.1 Å². The number of aromatic nitrogens is 1. The van der Waals surface area contributed by atoms with Crippen LogP contribution >= 0.6 is 11.8 Å². The molecule has 1 aliphatic carbocycles. The number of carbonyl (C=O) groups is 2. The van der Waals surface area contributed by atoms with Gasteiger partial charge in [0.1, 0.15) is 17.5 Å². The van der Waals surface area contributed by atoms with Crippen LogP contribution in [0, 0.1) is 11.3 Å². The number of allylic oxidation sites excluding steroid dienone is 1. The molecule has 0 bridgehead atoms. The summed E-state index contributed by atoms with van der Waals surface area (Å²) < 4.78 is 0. The Balaban J connectivity index is 1.41. The monoisotopic (exact) mass is 469 g/mol. The molecule has 2 aliphatic rings. The summed E-state index contributed by atoms with van der Waals surface area (Å²) in [5, 5.41) is 14.2. The predicted molar refractivity (Wildman–Crippen MR) is 134 cm³/mol. The zero-order valence-corrected chi connectivity index (χ0v) is 19.7. The molecule has 1 fully saturated rings. The Morgan fingerprint density at radius 3 is 2.38 bits per heavy atom. The van der Waals surface area contributed by atoms with Crippen LogP contribution in [0.25, 0.3) is 10.9 Å². The quantitative estimate of drug-likeness (QED) is 0.330.